The van der Waals surface area contributed by atoms with E-state index >= 15 is 0 Å². The van der Waals surface area contributed by atoms with Crippen LogP contribution < -0.4 is 0 Å². The molecule has 1 aromatic heterocycles. The maximum Gasteiger partial charge on any atom is 0.157 e. The van der Waals surface area contributed by atoms with Crippen LogP contribution in [0.4, 0.5) is 0 Å². The molecule has 1 unspecified atom stereocenters. The van der Waals surface area contributed by atoms with Crippen molar-refractivity contribution in [2.45, 2.75) is 18.6 Å². The molecule has 82 valence electrons. The second-order valence-electron chi connectivity index (χ2n) is 3.47. The molecule has 0 saturated carbocycles. The fourth-order valence-electron chi connectivity index (χ4n) is 1.08. The third-order valence-corrected chi connectivity index (χ3v) is 3.77. The molecular weight excluding hydrogens is 214 g/mol. The summed E-state index contributed by atoms with van der Waals surface area (Å²) >= 11 is 0. The quantitative estimate of drug-likeness (QED) is 0.756. The van der Waals surface area contributed by atoms with Gasteiger partial charge >= 0.3 is 0 Å². The van der Waals surface area contributed by atoms with Gasteiger partial charge in [0.05, 0.1) is 0 Å². The van der Waals surface area contributed by atoms with Crippen LogP contribution in [-0.2, 0) is 21.1 Å². The van der Waals surface area contributed by atoms with E-state index in [0.29, 0.717) is 0 Å². The Morgan fingerprint density at radius 1 is 1.40 bits per heavy atom. The summed E-state index contributed by atoms with van der Waals surface area (Å²) in [7, 11) is -3.29. The molecule has 0 fully saturated rings. The first kappa shape index (κ1) is 11.8. The Morgan fingerprint density at radius 2 is 1.93 bits per heavy atom. The smallest absolute Gasteiger partial charge is 0.157 e. The minimum absolute atomic E-state index is 0.136. The van der Waals surface area contributed by atoms with Crippen LogP contribution in [0.25, 0.3) is 0 Å². The van der Waals surface area contributed by atoms with Gasteiger partial charge in [-0.15, -0.1) is 0 Å². The highest BCUT2D eigenvalue weighted by Gasteiger charge is 2.23. The van der Waals surface area contributed by atoms with Gasteiger partial charge in [0.15, 0.2) is 15.6 Å². The van der Waals surface area contributed by atoms with Gasteiger partial charge in [0.25, 0.3) is 0 Å². The van der Waals surface area contributed by atoms with Crippen LogP contribution in [0.15, 0.2) is 24.5 Å². The predicted molar refractivity (Wildman–Crippen MR) is 57.3 cm³/mol. The number of Topliss-reactive ketones (excluding diaryl/α,β-unsaturated/α-hetero) is 1. The van der Waals surface area contributed by atoms with Gasteiger partial charge in [0.1, 0.15) is 5.25 Å². The third kappa shape index (κ3) is 3.43. The molecule has 0 bridgehead atoms. The molecule has 0 aliphatic carbocycles. The lowest BCUT2D eigenvalue weighted by atomic mass is 10.1. The second kappa shape index (κ2) is 4.53. The van der Waals surface area contributed by atoms with Gasteiger partial charge < -0.3 is 0 Å². The molecule has 0 radical (unpaired) electrons. The molecule has 4 nitrogen and oxygen atoms in total. The number of rotatable bonds is 4. The average molecular weight is 227 g/mol. The SMILES string of the molecule is CC(C(=O)Cc1ccncc1)S(C)(=O)=O. The van der Waals surface area contributed by atoms with Gasteiger partial charge in [-0.1, -0.05) is 0 Å². The number of carbonyl (C=O) groups is 1. The number of nitrogens with zero attached hydrogens (tertiary/aromatic N) is 1. The number of pyridine rings is 1. The van der Waals surface area contributed by atoms with Crippen molar-refractivity contribution in [2.24, 2.45) is 0 Å². The number of aromatic nitrogens is 1. The lowest BCUT2D eigenvalue weighted by Gasteiger charge is -2.07. The zero-order valence-corrected chi connectivity index (χ0v) is 9.49. The summed E-state index contributed by atoms with van der Waals surface area (Å²) in [5.41, 5.74) is 0.783. The Kier molecular flexibility index (Phi) is 3.57. The first-order valence-corrected chi connectivity index (χ1v) is 6.47. The van der Waals surface area contributed by atoms with E-state index in [4.69, 9.17) is 0 Å². The molecule has 0 N–H and O–H groups in total. The van der Waals surface area contributed by atoms with Crippen molar-refractivity contribution in [3.8, 4) is 0 Å². The van der Waals surface area contributed by atoms with E-state index < -0.39 is 15.1 Å². The molecule has 0 aliphatic heterocycles. The number of sulfone groups is 1. The Hall–Kier alpha value is -1.23. The summed E-state index contributed by atoms with van der Waals surface area (Å²) in [5.74, 6) is -0.288. The van der Waals surface area contributed by atoms with Crippen LogP contribution in [0.2, 0.25) is 0 Å². The average Bonchev–Trinajstić information content (AvgIpc) is 2.16. The number of ketones is 1. The molecular formula is C10H13NO3S. The van der Waals surface area contributed by atoms with Gasteiger partial charge in [0, 0.05) is 25.1 Å². The molecule has 0 amide bonds. The van der Waals surface area contributed by atoms with Gasteiger partial charge in [-0.05, 0) is 24.6 Å². The van der Waals surface area contributed by atoms with Gasteiger partial charge in [0.2, 0.25) is 0 Å². The maximum absolute atomic E-state index is 11.6. The normalized spacial score (nSPS) is 13.5. The van der Waals surface area contributed by atoms with Crippen LogP contribution in [0, 0.1) is 0 Å². The molecule has 15 heavy (non-hydrogen) atoms. The van der Waals surface area contributed by atoms with E-state index in [1.165, 1.54) is 6.92 Å². The largest absolute Gasteiger partial charge is 0.298 e. The van der Waals surface area contributed by atoms with Crippen LogP contribution in [0.3, 0.4) is 0 Å². The predicted octanol–water partition coefficient (Wildman–Crippen LogP) is 0.626. The van der Waals surface area contributed by atoms with Crippen molar-refractivity contribution < 1.29 is 13.2 Å². The Morgan fingerprint density at radius 3 is 2.40 bits per heavy atom. The lowest BCUT2D eigenvalue weighted by molar-refractivity contribution is -0.117. The summed E-state index contributed by atoms with van der Waals surface area (Å²) in [6.45, 7) is 1.42. The summed E-state index contributed by atoms with van der Waals surface area (Å²) < 4.78 is 22.3. The zero-order valence-electron chi connectivity index (χ0n) is 8.67. The summed E-state index contributed by atoms with van der Waals surface area (Å²) in [6, 6.07) is 3.40. The first-order chi connectivity index (χ1) is 6.91. The second-order valence-corrected chi connectivity index (χ2v) is 5.84. The van der Waals surface area contributed by atoms with Crippen LogP contribution in [0.1, 0.15) is 12.5 Å². The van der Waals surface area contributed by atoms with Crippen molar-refractivity contribution in [1.29, 1.82) is 0 Å². The van der Waals surface area contributed by atoms with E-state index in [9.17, 15) is 13.2 Å². The van der Waals surface area contributed by atoms with Crippen molar-refractivity contribution in [3.63, 3.8) is 0 Å². The molecule has 0 saturated heterocycles. The van der Waals surface area contributed by atoms with Gasteiger partial charge in [-0.25, -0.2) is 8.42 Å². The molecule has 1 rings (SSSR count). The first-order valence-electron chi connectivity index (χ1n) is 4.51. The zero-order chi connectivity index (χ0) is 11.5. The molecule has 0 spiro atoms. The van der Waals surface area contributed by atoms with E-state index in [0.717, 1.165) is 11.8 Å². The van der Waals surface area contributed by atoms with Crippen molar-refractivity contribution in [2.75, 3.05) is 6.26 Å². The minimum Gasteiger partial charge on any atom is -0.298 e. The van der Waals surface area contributed by atoms with E-state index in [1.54, 1.807) is 24.5 Å². The fraction of sp³-hybridized carbons (Fsp3) is 0.400. The highest BCUT2D eigenvalue weighted by Crippen LogP contribution is 2.05. The molecule has 1 atom stereocenters. The van der Waals surface area contributed by atoms with Crippen LogP contribution in [-0.4, -0.2) is 30.7 Å². The topological polar surface area (TPSA) is 64.1 Å². The van der Waals surface area contributed by atoms with E-state index in [-0.39, 0.29) is 12.2 Å². The Balaban J connectivity index is 2.73. The minimum atomic E-state index is -3.29. The van der Waals surface area contributed by atoms with Gasteiger partial charge in [-0.3, -0.25) is 9.78 Å². The van der Waals surface area contributed by atoms with E-state index in [2.05, 4.69) is 4.98 Å². The summed E-state index contributed by atoms with van der Waals surface area (Å²) in [5, 5.41) is -0.939. The van der Waals surface area contributed by atoms with Gasteiger partial charge in [-0.2, -0.15) is 0 Å². The highest BCUT2D eigenvalue weighted by molar-refractivity contribution is 7.92. The summed E-state index contributed by atoms with van der Waals surface area (Å²) in [6.07, 6.45) is 4.36. The Bertz CT molecular complexity index is 439. The third-order valence-electron chi connectivity index (χ3n) is 2.22. The molecule has 5 heteroatoms. The lowest BCUT2D eigenvalue weighted by Crippen LogP contribution is -2.27. The maximum atomic E-state index is 11.6. The standard InChI is InChI=1S/C10H13NO3S/c1-8(15(2,13)14)10(12)7-9-3-5-11-6-4-9/h3-6,8H,7H2,1-2H3. The molecule has 0 aliphatic rings. The molecule has 1 heterocycles. The van der Waals surface area contributed by atoms with Crippen molar-refractivity contribution >= 4 is 15.6 Å². The fourth-order valence-corrected chi connectivity index (χ4v) is 1.65. The number of carbonyl (C=O) groups excluding carboxylic acids is 1. The van der Waals surface area contributed by atoms with E-state index in [1.807, 2.05) is 0 Å². The highest BCUT2D eigenvalue weighted by atomic mass is 32.2. The number of hydrogen-bond acceptors (Lipinski definition) is 4. The van der Waals surface area contributed by atoms with Crippen molar-refractivity contribution in [3.05, 3.63) is 30.1 Å². The molecule has 1 aromatic rings. The van der Waals surface area contributed by atoms with Crippen LogP contribution >= 0.6 is 0 Å². The number of hydrogen-bond donors (Lipinski definition) is 0. The monoisotopic (exact) mass is 227 g/mol. The Labute approximate surface area is 89.3 Å². The van der Waals surface area contributed by atoms with Crippen LogP contribution in [0.5, 0.6) is 0 Å². The summed E-state index contributed by atoms with van der Waals surface area (Å²) in [4.78, 5) is 15.4. The van der Waals surface area contributed by atoms with Crippen molar-refractivity contribution in [1.82, 2.24) is 4.98 Å². The molecule has 0 aromatic carbocycles.